The first-order valence-electron chi connectivity index (χ1n) is 9.43. The molecule has 3 rings (SSSR count). The molecule has 6 heteroatoms. The number of anilines is 1. The van der Waals surface area contributed by atoms with Crippen molar-refractivity contribution in [3.63, 3.8) is 0 Å². The zero-order valence-corrected chi connectivity index (χ0v) is 16.9. The molecule has 0 unspecified atom stereocenters. The smallest absolute Gasteiger partial charge is 0.244 e. The van der Waals surface area contributed by atoms with E-state index < -0.39 is 0 Å². The Morgan fingerprint density at radius 3 is 2.41 bits per heavy atom. The van der Waals surface area contributed by atoms with Crippen LogP contribution in [0.1, 0.15) is 28.4 Å². The Kier molecular flexibility index (Phi) is 5.75. The predicted molar refractivity (Wildman–Crippen MR) is 108 cm³/mol. The summed E-state index contributed by atoms with van der Waals surface area (Å²) in [5.41, 5.74) is 4.34. The number of piperazine rings is 1. The Morgan fingerprint density at radius 1 is 1.07 bits per heavy atom. The van der Waals surface area contributed by atoms with Crippen LogP contribution in [0.4, 0.5) is 5.82 Å². The molecular formula is C21H29N5O. The maximum absolute atomic E-state index is 13.3. The maximum Gasteiger partial charge on any atom is 0.244 e. The molecule has 0 bridgehead atoms. The van der Waals surface area contributed by atoms with Crippen LogP contribution >= 0.6 is 0 Å². The zero-order chi connectivity index (χ0) is 19.6. The van der Waals surface area contributed by atoms with E-state index in [0.29, 0.717) is 13.1 Å². The van der Waals surface area contributed by atoms with Crippen molar-refractivity contribution < 1.29 is 4.79 Å². The second kappa shape index (κ2) is 8.05. The lowest BCUT2D eigenvalue weighted by Gasteiger charge is -2.38. The molecule has 1 saturated heterocycles. The summed E-state index contributed by atoms with van der Waals surface area (Å²) in [7, 11) is 3.93. The monoisotopic (exact) mass is 367 g/mol. The van der Waals surface area contributed by atoms with E-state index in [1.807, 2.05) is 43.0 Å². The number of carbonyl (C=O) groups excluding carboxylic acids is 1. The number of likely N-dealkylation sites (N-methyl/N-ethyl adjacent to an activating group) is 1. The molecule has 1 fully saturated rings. The number of rotatable bonds is 4. The lowest BCUT2D eigenvalue weighted by molar-refractivity contribution is -0.136. The van der Waals surface area contributed by atoms with E-state index in [-0.39, 0.29) is 11.9 Å². The summed E-state index contributed by atoms with van der Waals surface area (Å²) in [6, 6.07) is 7.97. The normalized spacial score (nSPS) is 15.9. The van der Waals surface area contributed by atoms with Crippen molar-refractivity contribution in [3.05, 3.63) is 53.0 Å². The Bertz CT molecular complexity index is 812. The van der Waals surface area contributed by atoms with Crippen LogP contribution in [0.15, 0.2) is 30.6 Å². The fraction of sp³-hybridized carbons (Fsp3) is 0.476. The fourth-order valence-corrected chi connectivity index (χ4v) is 3.66. The SMILES string of the molecule is Cc1cccc([C@@H](C(=O)N2CCN(c3ncnc(C)c3C)CC2)N(C)C)c1. The van der Waals surface area contributed by atoms with Gasteiger partial charge in [0, 0.05) is 37.4 Å². The van der Waals surface area contributed by atoms with Crippen molar-refractivity contribution in [1.82, 2.24) is 19.8 Å². The van der Waals surface area contributed by atoms with Crippen LogP contribution in [0.2, 0.25) is 0 Å². The third-order valence-electron chi connectivity index (χ3n) is 5.31. The second-order valence-corrected chi connectivity index (χ2v) is 7.50. The van der Waals surface area contributed by atoms with Gasteiger partial charge in [-0.25, -0.2) is 9.97 Å². The van der Waals surface area contributed by atoms with Gasteiger partial charge in [-0.3, -0.25) is 9.69 Å². The van der Waals surface area contributed by atoms with Gasteiger partial charge in [0.15, 0.2) is 0 Å². The number of amides is 1. The Balaban J connectivity index is 1.72. The minimum absolute atomic E-state index is 0.167. The molecule has 1 aliphatic rings. The fourth-order valence-electron chi connectivity index (χ4n) is 3.66. The molecule has 2 aromatic rings. The van der Waals surface area contributed by atoms with E-state index in [2.05, 4.69) is 40.8 Å². The lowest BCUT2D eigenvalue weighted by Crippen LogP contribution is -2.52. The molecule has 2 heterocycles. The number of aromatic nitrogens is 2. The van der Waals surface area contributed by atoms with E-state index in [9.17, 15) is 4.79 Å². The number of hydrogen-bond acceptors (Lipinski definition) is 5. The van der Waals surface area contributed by atoms with E-state index in [1.54, 1.807) is 6.33 Å². The van der Waals surface area contributed by atoms with Crippen LogP contribution in [-0.2, 0) is 4.79 Å². The highest BCUT2D eigenvalue weighted by atomic mass is 16.2. The molecule has 1 aliphatic heterocycles. The first kappa shape index (κ1) is 19.3. The molecule has 0 N–H and O–H groups in total. The van der Waals surface area contributed by atoms with E-state index in [0.717, 1.165) is 35.7 Å². The third kappa shape index (κ3) is 4.11. The minimum Gasteiger partial charge on any atom is -0.353 e. The Hall–Kier alpha value is -2.47. The molecule has 144 valence electrons. The molecule has 0 radical (unpaired) electrons. The standard InChI is InChI=1S/C21H29N5O/c1-15-7-6-8-18(13-15)19(24(4)5)21(27)26-11-9-25(10-12-26)20-16(2)17(3)22-14-23-20/h6-8,13-14,19H,9-12H2,1-5H3/t19-/m0/s1. The maximum atomic E-state index is 13.3. The van der Waals surface area contributed by atoms with Gasteiger partial charge in [-0.15, -0.1) is 0 Å². The lowest BCUT2D eigenvalue weighted by atomic mass is 10.0. The van der Waals surface area contributed by atoms with Gasteiger partial charge in [-0.05, 0) is 40.4 Å². The van der Waals surface area contributed by atoms with Gasteiger partial charge < -0.3 is 9.80 Å². The van der Waals surface area contributed by atoms with Gasteiger partial charge in [-0.1, -0.05) is 29.8 Å². The van der Waals surface area contributed by atoms with Gasteiger partial charge in [-0.2, -0.15) is 0 Å². The van der Waals surface area contributed by atoms with Crippen LogP contribution in [0.25, 0.3) is 0 Å². The summed E-state index contributed by atoms with van der Waals surface area (Å²) in [4.78, 5) is 28.2. The van der Waals surface area contributed by atoms with Gasteiger partial charge in [0.2, 0.25) is 5.91 Å². The first-order valence-corrected chi connectivity index (χ1v) is 9.43. The molecule has 27 heavy (non-hydrogen) atoms. The quantitative estimate of drug-likeness (QED) is 0.830. The summed E-state index contributed by atoms with van der Waals surface area (Å²) in [6.45, 7) is 9.11. The topological polar surface area (TPSA) is 52.6 Å². The van der Waals surface area contributed by atoms with Crippen LogP contribution in [0.3, 0.4) is 0 Å². The second-order valence-electron chi connectivity index (χ2n) is 7.50. The van der Waals surface area contributed by atoms with Crippen molar-refractivity contribution in [3.8, 4) is 0 Å². The van der Waals surface area contributed by atoms with Crippen molar-refractivity contribution in [2.75, 3.05) is 45.2 Å². The third-order valence-corrected chi connectivity index (χ3v) is 5.31. The number of aryl methyl sites for hydroxylation is 2. The van der Waals surface area contributed by atoms with Crippen molar-refractivity contribution in [2.24, 2.45) is 0 Å². The summed E-state index contributed by atoms with van der Waals surface area (Å²) >= 11 is 0. The van der Waals surface area contributed by atoms with E-state index in [4.69, 9.17) is 0 Å². The highest BCUT2D eigenvalue weighted by molar-refractivity contribution is 5.83. The molecule has 0 saturated carbocycles. The molecule has 1 amide bonds. The molecule has 0 aliphatic carbocycles. The zero-order valence-electron chi connectivity index (χ0n) is 16.9. The van der Waals surface area contributed by atoms with Crippen LogP contribution in [-0.4, -0.2) is 65.9 Å². The Morgan fingerprint density at radius 2 is 1.78 bits per heavy atom. The minimum atomic E-state index is -0.250. The van der Waals surface area contributed by atoms with Gasteiger partial charge in [0.05, 0.1) is 0 Å². The summed E-state index contributed by atoms with van der Waals surface area (Å²) in [5.74, 6) is 1.15. The molecule has 1 atom stereocenters. The molecule has 1 aromatic heterocycles. The molecule has 1 aromatic carbocycles. The average molecular weight is 367 g/mol. The Labute approximate surface area is 161 Å². The highest BCUT2D eigenvalue weighted by Gasteiger charge is 2.30. The highest BCUT2D eigenvalue weighted by Crippen LogP contribution is 2.24. The first-order chi connectivity index (χ1) is 12.9. The van der Waals surface area contributed by atoms with Crippen LogP contribution in [0, 0.1) is 20.8 Å². The predicted octanol–water partition coefficient (Wildman–Crippen LogP) is 2.35. The van der Waals surface area contributed by atoms with E-state index in [1.165, 1.54) is 5.56 Å². The van der Waals surface area contributed by atoms with Gasteiger partial charge >= 0.3 is 0 Å². The average Bonchev–Trinajstić information content (AvgIpc) is 2.64. The number of benzene rings is 1. The van der Waals surface area contributed by atoms with Crippen molar-refractivity contribution in [1.29, 1.82) is 0 Å². The molecule has 0 spiro atoms. The molecule has 6 nitrogen and oxygen atoms in total. The van der Waals surface area contributed by atoms with Crippen LogP contribution in [0.5, 0.6) is 0 Å². The van der Waals surface area contributed by atoms with Gasteiger partial charge in [0.1, 0.15) is 18.2 Å². The summed E-state index contributed by atoms with van der Waals surface area (Å²) in [6.07, 6.45) is 1.62. The van der Waals surface area contributed by atoms with Crippen LogP contribution < -0.4 is 4.90 Å². The van der Waals surface area contributed by atoms with Crippen molar-refractivity contribution >= 4 is 11.7 Å². The summed E-state index contributed by atoms with van der Waals surface area (Å²) < 4.78 is 0. The number of nitrogens with zero attached hydrogens (tertiary/aromatic N) is 5. The largest absolute Gasteiger partial charge is 0.353 e. The van der Waals surface area contributed by atoms with E-state index >= 15 is 0 Å². The number of hydrogen-bond donors (Lipinski definition) is 0. The van der Waals surface area contributed by atoms with Crippen molar-refractivity contribution in [2.45, 2.75) is 26.8 Å². The number of carbonyl (C=O) groups is 1. The molecular weight excluding hydrogens is 338 g/mol. The summed E-state index contributed by atoms with van der Waals surface area (Å²) in [5, 5.41) is 0. The van der Waals surface area contributed by atoms with Gasteiger partial charge in [0.25, 0.3) is 0 Å².